The molecule has 0 aliphatic carbocycles. The summed E-state index contributed by atoms with van der Waals surface area (Å²) in [6, 6.07) is 9.32. The minimum atomic E-state index is 0.0932. The van der Waals surface area contributed by atoms with E-state index in [-0.39, 0.29) is 5.91 Å². The first-order chi connectivity index (χ1) is 8.79. The van der Waals surface area contributed by atoms with Crippen LogP contribution < -0.4 is 5.32 Å². The van der Waals surface area contributed by atoms with Crippen LogP contribution in [-0.4, -0.2) is 36.5 Å². The van der Waals surface area contributed by atoms with Crippen LogP contribution in [0.25, 0.3) is 0 Å². The lowest BCUT2D eigenvalue weighted by Gasteiger charge is -2.23. The van der Waals surface area contributed by atoms with E-state index in [1.54, 1.807) is 24.3 Å². The van der Waals surface area contributed by atoms with E-state index in [0.29, 0.717) is 23.1 Å². The highest BCUT2D eigenvalue weighted by Crippen LogP contribution is 2.28. The summed E-state index contributed by atoms with van der Waals surface area (Å²) in [4.78, 5) is 14.4. The van der Waals surface area contributed by atoms with Gasteiger partial charge in [0.25, 0.3) is 5.91 Å². The first-order valence-electron chi connectivity index (χ1n) is 6.31. The Labute approximate surface area is 106 Å². The summed E-state index contributed by atoms with van der Waals surface area (Å²) in [5.74, 6) is 0.711. The largest absolute Gasteiger partial charge is 0.334 e. The van der Waals surface area contributed by atoms with Crippen LogP contribution in [0, 0.1) is 17.2 Å². The van der Waals surface area contributed by atoms with E-state index >= 15 is 0 Å². The molecule has 3 rings (SSSR count). The smallest absolute Gasteiger partial charge is 0.254 e. The molecule has 4 heteroatoms. The standard InChI is InChI=1S/C14H15N3O/c15-7-10-1-3-11(4-2-10)14(18)17-6-5-12-8-16-9-13(12)17/h1-4,12-13,16H,5-6,8-9H2/t12-,13+/m1/s1. The fraction of sp³-hybridized carbons (Fsp3) is 0.429. The molecular formula is C14H15N3O. The summed E-state index contributed by atoms with van der Waals surface area (Å²) in [5.41, 5.74) is 1.27. The Morgan fingerprint density at radius 3 is 2.83 bits per heavy atom. The Morgan fingerprint density at radius 1 is 1.33 bits per heavy atom. The van der Waals surface area contributed by atoms with Crippen LogP contribution in [0.5, 0.6) is 0 Å². The van der Waals surface area contributed by atoms with Crippen LogP contribution in [-0.2, 0) is 0 Å². The van der Waals surface area contributed by atoms with Gasteiger partial charge in [-0.3, -0.25) is 4.79 Å². The monoisotopic (exact) mass is 241 g/mol. The van der Waals surface area contributed by atoms with E-state index < -0.39 is 0 Å². The molecule has 0 aromatic heterocycles. The van der Waals surface area contributed by atoms with Crippen LogP contribution in [0.2, 0.25) is 0 Å². The minimum absolute atomic E-state index is 0.0932. The topological polar surface area (TPSA) is 56.1 Å². The number of carbonyl (C=O) groups is 1. The first-order valence-corrected chi connectivity index (χ1v) is 6.31. The van der Waals surface area contributed by atoms with Crippen molar-refractivity contribution in [2.75, 3.05) is 19.6 Å². The second-order valence-electron chi connectivity index (χ2n) is 4.96. The molecule has 1 amide bonds. The summed E-state index contributed by atoms with van der Waals surface area (Å²) >= 11 is 0. The Kier molecular flexibility index (Phi) is 2.77. The number of rotatable bonds is 1. The average Bonchev–Trinajstić information content (AvgIpc) is 3.00. The number of carbonyl (C=O) groups excluding carboxylic acids is 1. The second-order valence-corrected chi connectivity index (χ2v) is 4.96. The molecule has 1 aromatic carbocycles. The van der Waals surface area contributed by atoms with Crippen LogP contribution in [0.4, 0.5) is 0 Å². The van der Waals surface area contributed by atoms with Gasteiger partial charge in [-0.05, 0) is 36.6 Å². The third-order valence-electron chi connectivity index (χ3n) is 3.97. The zero-order valence-corrected chi connectivity index (χ0v) is 10.1. The fourth-order valence-electron chi connectivity index (χ4n) is 2.95. The van der Waals surface area contributed by atoms with Crippen LogP contribution >= 0.6 is 0 Å². The molecule has 2 atom stereocenters. The van der Waals surface area contributed by atoms with Crippen molar-refractivity contribution in [3.05, 3.63) is 35.4 Å². The number of nitrogens with zero attached hydrogens (tertiary/aromatic N) is 2. The van der Waals surface area contributed by atoms with Crippen molar-refractivity contribution in [2.24, 2.45) is 5.92 Å². The molecule has 0 saturated carbocycles. The maximum Gasteiger partial charge on any atom is 0.254 e. The SMILES string of the molecule is N#Cc1ccc(C(=O)N2CC[C@@H]3CNC[C@@H]32)cc1. The lowest BCUT2D eigenvalue weighted by atomic mass is 10.0. The predicted molar refractivity (Wildman–Crippen MR) is 67.0 cm³/mol. The van der Waals surface area contributed by atoms with Gasteiger partial charge < -0.3 is 10.2 Å². The highest BCUT2D eigenvalue weighted by atomic mass is 16.2. The van der Waals surface area contributed by atoms with Gasteiger partial charge >= 0.3 is 0 Å². The highest BCUT2D eigenvalue weighted by molar-refractivity contribution is 5.94. The fourth-order valence-corrected chi connectivity index (χ4v) is 2.95. The van der Waals surface area contributed by atoms with Gasteiger partial charge in [0.15, 0.2) is 0 Å². The number of fused-ring (bicyclic) bond motifs is 1. The molecule has 2 heterocycles. The van der Waals surface area contributed by atoms with E-state index in [2.05, 4.69) is 11.4 Å². The lowest BCUT2D eigenvalue weighted by Crippen LogP contribution is -2.39. The number of likely N-dealkylation sites (tertiary alicyclic amines) is 1. The highest BCUT2D eigenvalue weighted by Gasteiger charge is 2.39. The molecule has 0 radical (unpaired) electrons. The van der Waals surface area contributed by atoms with Crippen molar-refractivity contribution in [1.29, 1.82) is 5.26 Å². The molecule has 92 valence electrons. The maximum atomic E-state index is 12.4. The van der Waals surface area contributed by atoms with Crippen LogP contribution in [0.3, 0.4) is 0 Å². The van der Waals surface area contributed by atoms with Crippen molar-refractivity contribution in [1.82, 2.24) is 10.2 Å². The molecule has 2 aliphatic rings. The van der Waals surface area contributed by atoms with E-state index in [1.807, 2.05) is 4.90 Å². The number of hydrogen-bond acceptors (Lipinski definition) is 3. The zero-order valence-electron chi connectivity index (χ0n) is 10.1. The van der Waals surface area contributed by atoms with E-state index in [1.165, 1.54) is 0 Å². The average molecular weight is 241 g/mol. The molecule has 4 nitrogen and oxygen atoms in total. The van der Waals surface area contributed by atoms with Crippen LogP contribution in [0.15, 0.2) is 24.3 Å². The third kappa shape index (κ3) is 1.77. The Morgan fingerprint density at radius 2 is 2.11 bits per heavy atom. The second kappa shape index (κ2) is 4.43. The molecule has 1 N–H and O–H groups in total. The van der Waals surface area contributed by atoms with Gasteiger partial charge in [0.05, 0.1) is 11.6 Å². The quantitative estimate of drug-likeness (QED) is 0.797. The van der Waals surface area contributed by atoms with Crippen LogP contribution in [0.1, 0.15) is 22.3 Å². The van der Waals surface area contributed by atoms with Crippen molar-refractivity contribution in [3.63, 3.8) is 0 Å². The van der Waals surface area contributed by atoms with Gasteiger partial charge in [-0.25, -0.2) is 0 Å². The van der Waals surface area contributed by atoms with Gasteiger partial charge in [-0.2, -0.15) is 5.26 Å². The summed E-state index contributed by atoms with van der Waals surface area (Å²) in [7, 11) is 0. The molecule has 0 spiro atoms. The van der Waals surface area contributed by atoms with Crippen molar-refractivity contribution in [2.45, 2.75) is 12.5 Å². The number of amides is 1. The summed E-state index contributed by atoms with van der Waals surface area (Å²) < 4.78 is 0. The normalized spacial score (nSPS) is 25.8. The number of hydrogen-bond donors (Lipinski definition) is 1. The molecule has 2 saturated heterocycles. The van der Waals surface area contributed by atoms with Gasteiger partial charge in [0.1, 0.15) is 0 Å². The third-order valence-corrected chi connectivity index (χ3v) is 3.97. The van der Waals surface area contributed by atoms with E-state index in [9.17, 15) is 4.79 Å². The zero-order chi connectivity index (χ0) is 12.5. The van der Waals surface area contributed by atoms with Crippen molar-refractivity contribution < 1.29 is 4.79 Å². The van der Waals surface area contributed by atoms with Crippen molar-refractivity contribution in [3.8, 4) is 6.07 Å². The summed E-state index contributed by atoms with van der Waals surface area (Å²) in [6.45, 7) is 2.80. The van der Waals surface area contributed by atoms with Gasteiger partial charge in [0, 0.05) is 31.2 Å². The Bertz CT molecular complexity index is 503. The van der Waals surface area contributed by atoms with E-state index in [4.69, 9.17) is 5.26 Å². The molecule has 0 unspecified atom stereocenters. The van der Waals surface area contributed by atoms with Gasteiger partial charge in [0.2, 0.25) is 0 Å². The molecule has 0 bridgehead atoms. The van der Waals surface area contributed by atoms with E-state index in [0.717, 1.165) is 26.1 Å². The molecule has 2 fully saturated rings. The Balaban J connectivity index is 1.80. The molecular weight excluding hydrogens is 226 g/mol. The lowest BCUT2D eigenvalue weighted by molar-refractivity contribution is 0.0737. The maximum absolute atomic E-state index is 12.4. The first kappa shape index (κ1) is 11.2. The molecule has 1 aromatic rings. The number of nitrogens with one attached hydrogen (secondary N) is 1. The van der Waals surface area contributed by atoms with Gasteiger partial charge in [-0.15, -0.1) is 0 Å². The minimum Gasteiger partial charge on any atom is -0.334 e. The molecule has 18 heavy (non-hydrogen) atoms. The molecule has 2 aliphatic heterocycles. The van der Waals surface area contributed by atoms with Crippen molar-refractivity contribution >= 4 is 5.91 Å². The number of nitriles is 1. The summed E-state index contributed by atoms with van der Waals surface area (Å²) in [5, 5.41) is 12.1. The predicted octanol–water partition coefficient (Wildman–Crippen LogP) is 0.992. The Hall–Kier alpha value is -1.86. The summed E-state index contributed by atoms with van der Waals surface area (Å²) in [6.07, 6.45) is 1.10. The number of benzene rings is 1. The van der Waals surface area contributed by atoms with Gasteiger partial charge in [-0.1, -0.05) is 0 Å².